The van der Waals surface area contributed by atoms with Gasteiger partial charge in [-0.1, -0.05) is 0 Å². The number of ether oxygens (including phenoxy) is 2. The highest BCUT2D eigenvalue weighted by atomic mass is 16.5. The molecule has 5 heteroatoms. The van der Waals surface area contributed by atoms with Crippen molar-refractivity contribution in [2.45, 2.75) is 18.9 Å². The lowest BCUT2D eigenvalue weighted by Gasteiger charge is -2.33. The molecular weight excluding hydrogens is 244 g/mol. The highest BCUT2D eigenvalue weighted by molar-refractivity contribution is 5.91. The summed E-state index contributed by atoms with van der Waals surface area (Å²) in [6, 6.07) is 5.71. The number of benzene rings is 1. The fraction of sp³-hybridized carbons (Fsp3) is 0.500. The Labute approximate surface area is 113 Å². The van der Waals surface area contributed by atoms with Gasteiger partial charge in [-0.2, -0.15) is 0 Å². The van der Waals surface area contributed by atoms with Crippen molar-refractivity contribution in [2.75, 3.05) is 38.0 Å². The van der Waals surface area contributed by atoms with Crippen LogP contribution in [0.25, 0.3) is 0 Å². The largest absolute Gasteiger partial charge is 0.465 e. The zero-order valence-corrected chi connectivity index (χ0v) is 11.4. The van der Waals surface area contributed by atoms with E-state index in [1.165, 1.54) is 7.11 Å². The molecule has 0 radical (unpaired) electrons. The fourth-order valence-corrected chi connectivity index (χ4v) is 2.39. The lowest BCUT2D eigenvalue weighted by atomic mass is 10.1. The summed E-state index contributed by atoms with van der Waals surface area (Å²) in [5, 5.41) is 0. The smallest absolute Gasteiger partial charge is 0.337 e. The molecule has 1 aromatic carbocycles. The van der Waals surface area contributed by atoms with Crippen LogP contribution in [0.3, 0.4) is 0 Å². The molecule has 1 aliphatic heterocycles. The predicted molar refractivity (Wildman–Crippen MR) is 74.4 cm³/mol. The Morgan fingerprint density at radius 3 is 2.68 bits per heavy atom. The number of carbonyl (C=O) groups excluding carboxylic acids is 1. The number of nitrogens with two attached hydrogens (primary N) is 1. The van der Waals surface area contributed by atoms with Crippen molar-refractivity contribution in [3.63, 3.8) is 0 Å². The molecule has 1 saturated heterocycles. The normalized spacial score (nSPS) is 16.1. The van der Waals surface area contributed by atoms with E-state index in [0.717, 1.165) is 31.7 Å². The van der Waals surface area contributed by atoms with Crippen LogP contribution < -0.4 is 10.6 Å². The Bertz CT molecular complexity index is 456. The highest BCUT2D eigenvalue weighted by Gasteiger charge is 2.20. The van der Waals surface area contributed by atoms with E-state index in [0.29, 0.717) is 17.3 Å². The van der Waals surface area contributed by atoms with E-state index in [9.17, 15) is 4.79 Å². The van der Waals surface area contributed by atoms with Gasteiger partial charge >= 0.3 is 5.97 Å². The molecule has 1 fully saturated rings. The van der Waals surface area contributed by atoms with Crippen LogP contribution in [0.2, 0.25) is 0 Å². The number of nitrogen functional groups attached to an aromatic ring is 1. The number of anilines is 2. The maximum atomic E-state index is 11.4. The fourth-order valence-electron chi connectivity index (χ4n) is 2.39. The molecule has 0 atom stereocenters. The topological polar surface area (TPSA) is 64.8 Å². The van der Waals surface area contributed by atoms with Gasteiger partial charge in [0.05, 0.1) is 24.0 Å². The van der Waals surface area contributed by atoms with E-state index in [1.54, 1.807) is 12.1 Å². The Kier molecular flexibility index (Phi) is 4.27. The number of methoxy groups -OCH3 is 1. The Hall–Kier alpha value is -1.75. The number of carbonyl (C=O) groups is 1. The molecule has 0 aliphatic carbocycles. The summed E-state index contributed by atoms with van der Waals surface area (Å²) in [5.41, 5.74) is 8.06. The van der Waals surface area contributed by atoms with E-state index < -0.39 is 0 Å². The molecule has 5 nitrogen and oxygen atoms in total. The van der Waals surface area contributed by atoms with Gasteiger partial charge in [-0.15, -0.1) is 0 Å². The summed E-state index contributed by atoms with van der Waals surface area (Å²) in [6.07, 6.45) is 1.99. The van der Waals surface area contributed by atoms with E-state index in [1.807, 2.05) is 13.1 Å². The number of esters is 1. The Morgan fingerprint density at radius 2 is 2.11 bits per heavy atom. The molecule has 2 rings (SSSR count). The van der Waals surface area contributed by atoms with Crippen molar-refractivity contribution in [3.05, 3.63) is 23.8 Å². The van der Waals surface area contributed by atoms with Gasteiger partial charge in [0.15, 0.2) is 0 Å². The minimum Gasteiger partial charge on any atom is -0.465 e. The Balaban J connectivity index is 2.17. The van der Waals surface area contributed by atoms with Crippen LogP contribution in [-0.4, -0.2) is 39.4 Å². The van der Waals surface area contributed by atoms with Crippen molar-refractivity contribution in [2.24, 2.45) is 0 Å². The van der Waals surface area contributed by atoms with Crippen LogP contribution >= 0.6 is 0 Å². The van der Waals surface area contributed by atoms with Crippen LogP contribution in [0, 0.1) is 0 Å². The van der Waals surface area contributed by atoms with Gasteiger partial charge in [0.25, 0.3) is 0 Å². The summed E-state index contributed by atoms with van der Waals surface area (Å²) in [4.78, 5) is 13.6. The molecule has 0 aromatic heterocycles. The van der Waals surface area contributed by atoms with Crippen LogP contribution in [0.1, 0.15) is 23.2 Å². The second-order valence-electron chi connectivity index (χ2n) is 4.72. The van der Waals surface area contributed by atoms with Crippen LogP contribution in [0.4, 0.5) is 11.4 Å². The summed E-state index contributed by atoms with van der Waals surface area (Å²) in [6.45, 7) is 1.57. The lowest BCUT2D eigenvalue weighted by Crippen LogP contribution is -2.37. The third-order valence-corrected chi connectivity index (χ3v) is 3.57. The third-order valence-electron chi connectivity index (χ3n) is 3.57. The monoisotopic (exact) mass is 264 g/mol. The van der Waals surface area contributed by atoms with E-state index in [-0.39, 0.29) is 5.97 Å². The summed E-state index contributed by atoms with van der Waals surface area (Å²) < 4.78 is 10.0. The molecule has 2 N–H and O–H groups in total. The third kappa shape index (κ3) is 2.98. The van der Waals surface area contributed by atoms with Gasteiger partial charge in [0, 0.05) is 26.3 Å². The molecule has 0 spiro atoms. The van der Waals surface area contributed by atoms with Gasteiger partial charge in [0.1, 0.15) is 0 Å². The second-order valence-corrected chi connectivity index (χ2v) is 4.72. The maximum absolute atomic E-state index is 11.4. The first-order valence-corrected chi connectivity index (χ1v) is 6.42. The van der Waals surface area contributed by atoms with Crippen molar-refractivity contribution >= 4 is 17.3 Å². The molecule has 1 aliphatic rings. The second kappa shape index (κ2) is 5.93. The van der Waals surface area contributed by atoms with Crippen LogP contribution in [-0.2, 0) is 9.47 Å². The molecular formula is C14H20N2O3. The highest BCUT2D eigenvalue weighted by Crippen LogP contribution is 2.28. The van der Waals surface area contributed by atoms with Crippen molar-refractivity contribution < 1.29 is 14.3 Å². The standard InChI is InChI=1S/C14H20N2O3/c1-16(11-5-7-19-8-6-11)13-4-3-10(9-12(13)15)14(17)18-2/h3-4,9,11H,5-8,15H2,1-2H3. The van der Waals surface area contributed by atoms with Crippen LogP contribution in [0.15, 0.2) is 18.2 Å². The van der Waals surface area contributed by atoms with E-state index in [4.69, 9.17) is 10.5 Å². The lowest BCUT2D eigenvalue weighted by molar-refractivity contribution is 0.0601. The first-order valence-electron chi connectivity index (χ1n) is 6.42. The number of hydrogen-bond donors (Lipinski definition) is 1. The molecule has 1 heterocycles. The first kappa shape index (κ1) is 13.7. The zero-order valence-electron chi connectivity index (χ0n) is 11.4. The van der Waals surface area contributed by atoms with Gasteiger partial charge in [-0.05, 0) is 31.0 Å². The number of nitrogens with zero attached hydrogens (tertiary/aromatic N) is 1. The molecule has 0 unspecified atom stereocenters. The maximum Gasteiger partial charge on any atom is 0.337 e. The average Bonchev–Trinajstić information content (AvgIpc) is 2.46. The minimum atomic E-state index is -0.369. The van der Waals surface area contributed by atoms with Gasteiger partial charge in [0.2, 0.25) is 0 Å². The molecule has 0 amide bonds. The van der Waals surface area contributed by atoms with E-state index in [2.05, 4.69) is 9.64 Å². The number of rotatable bonds is 3. The molecule has 104 valence electrons. The van der Waals surface area contributed by atoms with Gasteiger partial charge in [-0.25, -0.2) is 4.79 Å². The summed E-state index contributed by atoms with van der Waals surface area (Å²) in [7, 11) is 3.39. The average molecular weight is 264 g/mol. The first-order chi connectivity index (χ1) is 9.13. The molecule has 0 bridgehead atoms. The van der Waals surface area contributed by atoms with Crippen LogP contribution in [0.5, 0.6) is 0 Å². The molecule has 1 aromatic rings. The quantitative estimate of drug-likeness (QED) is 0.664. The zero-order chi connectivity index (χ0) is 13.8. The molecule has 19 heavy (non-hydrogen) atoms. The van der Waals surface area contributed by atoms with Crippen molar-refractivity contribution in [1.82, 2.24) is 0 Å². The van der Waals surface area contributed by atoms with Gasteiger partial charge in [-0.3, -0.25) is 0 Å². The van der Waals surface area contributed by atoms with Crippen molar-refractivity contribution in [1.29, 1.82) is 0 Å². The van der Waals surface area contributed by atoms with E-state index >= 15 is 0 Å². The minimum absolute atomic E-state index is 0.369. The van der Waals surface area contributed by atoms with Crippen molar-refractivity contribution in [3.8, 4) is 0 Å². The summed E-state index contributed by atoms with van der Waals surface area (Å²) in [5.74, 6) is -0.369. The van der Waals surface area contributed by atoms with Gasteiger partial charge < -0.3 is 20.1 Å². The predicted octanol–water partition coefficient (Wildman–Crippen LogP) is 1.67. The Morgan fingerprint density at radius 1 is 1.42 bits per heavy atom. The summed E-state index contributed by atoms with van der Waals surface area (Å²) >= 11 is 0. The SMILES string of the molecule is COC(=O)c1ccc(N(C)C2CCOCC2)c(N)c1. The molecule has 0 saturated carbocycles. The number of hydrogen-bond acceptors (Lipinski definition) is 5.